The van der Waals surface area contributed by atoms with Crippen LogP contribution in [0.15, 0.2) is 31.0 Å². The number of pyridine rings is 1. The Balaban J connectivity index is 1.58. The second-order valence-electron chi connectivity index (χ2n) is 9.31. The zero-order chi connectivity index (χ0) is 31.8. The zero-order valence-electron chi connectivity index (χ0n) is 26.2. The Morgan fingerprint density at radius 3 is 2.66 bits per heavy atom. The number of carbonyl (C=O) groups excluding carboxylic acids is 1. The van der Waals surface area contributed by atoms with Gasteiger partial charge in [0.15, 0.2) is 34.7 Å². The number of methoxy groups -OCH3 is 2. The topological polar surface area (TPSA) is 107 Å². The van der Waals surface area contributed by atoms with Gasteiger partial charge in [0.05, 0.1) is 52.8 Å². The van der Waals surface area contributed by atoms with Gasteiger partial charge in [0, 0.05) is 36.5 Å². The van der Waals surface area contributed by atoms with E-state index in [9.17, 15) is 4.79 Å². The first kappa shape index (κ1) is 19.2. The highest BCUT2D eigenvalue weighted by atomic mass is 19.1. The molecule has 2 aliphatic rings. The number of fused-ring (bicyclic) bond motifs is 1. The van der Waals surface area contributed by atoms with Crippen molar-refractivity contribution in [3.8, 4) is 22.8 Å². The van der Waals surface area contributed by atoms with E-state index >= 15 is 8.78 Å². The van der Waals surface area contributed by atoms with Crippen molar-refractivity contribution in [3.63, 3.8) is 0 Å². The Morgan fingerprint density at radius 1 is 1.21 bits per heavy atom. The predicted octanol–water partition coefficient (Wildman–Crippen LogP) is 4.38. The third-order valence-corrected chi connectivity index (χ3v) is 6.63. The number of nitrogens with one attached hydrogen (secondary N) is 2. The third-order valence-electron chi connectivity index (χ3n) is 6.63. The summed E-state index contributed by atoms with van der Waals surface area (Å²) in [6, 6.07) is 1.56. The van der Waals surface area contributed by atoms with Crippen molar-refractivity contribution in [1.29, 1.82) is 0 Å². The number of allylic oxidation sites excluding steroid dienone is 1. The van der Waals surface area contributed by atoms with E-state index in [1.165, 1.54) is 18.3 Å². The third kappa shape index (κ3) is 5.24. The lowest BCUT2D eigenvalue weighted by atomic mass is 9.97. The van der Waals surface area contributed by atoms with Gasteiger partial charge in [-0.3, -0.25) is 4.79 Å². The number of benzene rings is 1. The van der Waals surface area contributed by atoms with Crippen LogP contribution < -0.4 is 20.1 Å². The monoisotopic (exact) mass is 531 g/mol. The minimum atomic E-state index is -3.14. The van der Waals surface area contributed by atoms with E-state index in [1.807, 2.05) is 0 Å². The molecule has 1 saturated heterocycles. The molecule has 1 aliphatic heterocycles. The van der Waals surface area contributed by atoms with Gasteiger partial charge in [0.25, 0.3) is 0 Å². The van der Waals surface area contributed by atoms with Gasteiger partial charge >= 0.3 is 0 Å². The molecule has 0 unspecified atom stereocenters. The maximum Gasteiger partial charge on any atom is 0.223 e. The minimum absolute atomic E-state index is 0.116. The van der Waals surface area contributed by atoms with Gasteiger partial charge in [-0.1, -0.05) is 6.58 Å². The summed E-state index contributed by atoms with van der Waals surface area (Å²) in [6.07, 6.45) is 4.90. The lowest BCUT2D eigenvalue weighted by Crippen LogP contribution is -2.30. The number of carbonyl (C=O) groups is 1. The van der Waals surface area contributed by atoms with E-state index in [0.717, 1.165) is 12.8 Å². The number of aromatic nitrogens is 3. The van der Waals surface area contributed by atoms with Crippen LogP contribution in [-0.2, 0) is 9.53 Å². The SMILES string of the molecule is [2H]C([2H])([2H])Oc1cc(OC([2H])([2H])[2H])c(F)c(-c2cc3cnc(N[C@@H]4COC[C@@H]4CC(=O)C=C)nc3c(NCC3CC3)n2)c1F. The summed E-state index contributed by atoms with van der Waals surface area (Å²) in [5.41, 5.74) is -0.852. The van der Waals surface area contributed by atoms with Gasteiger partial charge in [0.1, 0.15) is 5.52 Å². The van der Waals surface area contributed by atoms with Gasteiger partial charge in [-0.05, 0) is 30.9 Å². The van der Waals surface area contributed by atoms with E-state index < -0.39 is 42.8 Å². The van der Waals surface area contributed by atoms with Crippen LogP contribution in [0.1, 0.15) is 27.5 Å². The minimum Gasteiger partial charge on any atom is -0.494 e. The van der Waals surface area contributed by atoms with Crippen molar-refractivity contribution in [2.45, 2.75) is 25.3 Å². The molecule has 2 N–H and O–H groups in total. The maximum atomic E-state index is 15.7. The number of hydrogen-bond acceptors (Lipinski definition) is 9. The molecule has 9 nitrogen and oxygen atoms in total. The summed E-state index contributed by atoms with van der Waals surface area (Å²) in [7, 11) is -6.28. The quantitative estimate of drug-likeness (QED) is 0.349. The Bertz CT molecular complexity index is 1550. The van der Waals surface area contributed by atoms with Crippen LogP contribution >= 0.6 is 0 Å². The summed E-state index contributed by atoms with van der Waals surface area (Å²) >= 11 is 0. The number of rotatable bonds is 11. The van der Waals surface area contributed by atoms with E-state index in [1.54, 1.807) is 0 Å². The van der Waals surface area contributed by atoms with Crippen LogP contribution in [0.5, 0.6) is 11.5 Å². The molecule has 3 heterocycles. The maximum absolute atomic E-state index is 15.7. The largest absolute Gasteiger partial charge is 0.494 e. The first-order valence-electron chi connectivity index (χ1n) is 15.0. The van der Waals surface area contributed by atoms with Crippen molar-refractivity contribution in [2.75, 3.05) is 44.5 Å². The van der Waals surface area contributed by atoms with Crippen molar-refractivity contribution in [3.05, 3.63) is 42.6 Å². The number of ketones is 1. The molecule has 1 saturated carbocycles. The molecule has 0 amide bonds. The van der Waals surface area contributed by atoms with Gasteiger partial charge < -0.3 is 24.8 Å². The summed E-state index contributed by atoms with van der Waals surface area (Å²) in [4.78, 5) is 25.3. The van der Waals surface area contributed by atoms with E-state index in [2.05, 4.69) is 32.2 Å². The summed E-state index contributed by atoms with van der Waals surface area (Å²) in [6.45, 7) is 4.71. The zero-order valence-corrected chi connectivity index (χ0v) is 20.2. The van der Waals surface area contributed by atoms with Crippen LogP contribution in [0, 0.1) is 23.5 Å². The molecule has 3 aromatic rings. The molecule has 38 heavy (non-hydrogen) atoms. The van der Waals surface area contributed by atoms with Gasteiger partial charge in [-0.15, -0.1) is 0 Å². The van der Waals surface area contributed by atoms with E-state index in [4.69, 9.17) is 22.4 Å². The summed E-state index contributed by atoms with van der Waals surface area (Å²) in [5, 5.41) is 6.68. The molecule has 2 atom stereocenters. The Labute approximate surface area is 227 Å². The fraction of sp³-hybridized carbons (Fsp3) is 0.407. The average molecular weight is 532 g/mol. The van der Waals surface area contributed by atoms with Crippen molar-refractivity contribution in [1.82, 2.24) is 15.0 Å². The molecule has 0 radical (unpaired) electrons. The molecule has 0 spiro atoms. The number of nitrogens with zero attached hydrogens (tertiary/aromatic N) is 3. The number of halogens is 2. The molecule has 0 bridgehead atoms. The molecular formula is C27H29F2N5O4. The smallest absolute Gasteiger partial charge is 0.223 e. The second-order valence-corrected chi connectivity index (χ2v) is 9.31. The fourth-order valence-corrected chi connectivity index (χ4v) is 4.35. The molecule has 2 aromatic heterocycles. The normalized spacial score (nSPS) is 21.8. The molecule has 11 heteroatoms. The second kappa shape index (κ2) is 10.9. The number of anilines is 2. The fourth-order valence-electron chi connectivity index (χ4n) is 4.35. The highest BCUT2D eigenvalue weighted by Gasteiger charge is 2.30. The Kier molecular flexibility index (Phi) is 5.50. The molecule has 2 fully saturated rings. The molecule has 5 rings (SSSR count). The van der Waals surface area contributed by atoms with Crippen molar-refractivity contribution >= 4 is 28.5 Å². The first-order chi connectivity index (χ1) is 20.7. The summed E-state index contributed by atoms with van der Waals surface area (Å²) < 4.78 is 90.6. The van der Waals surface area contributed by atoms with Gasteiger partial charge in [0.2, 0.25) is 5.95 Å². The highest BCUT2D eigenvalue weighted by molar-refractivity contribution is 5.92. The average Bonchev–Trinajstić information content (AvgIpc) is 3.67. The number of hydrogen-bond donors (Lipinski definition) is 2. The lowest BCUT2D eigenvalue weighted by Gasteiger charge is -2.19. The standard InChI is InChI=1S/C27H29F2N5O4/c1-4-17(35)7-16-12-38-13-19(16)33-27-31-11-15-8-18(32-26(25(15)34-27)30-10-14-5-6-14)22-23(28)20(36-2)9-21(37-3)24(22)29/h4,8-9,11,14,16,19H,1,5-7,10,12-13H2,2-3H3,(H,30,32)(H,31,33,34)/t16-,19+/m0/s1/i2D3,3D3. The molecule has 1 aromatic carbocycles. The van der Waals surface area contributed by atoms with Crippen LogP contribution in [0.3, 0.4) is 0 Å². The Hall–Kier alpha value is -3.86. The van der Waals surface area contributed by atoms with Crippen LogP contribution in [-0.4, -0.2) is 60.6 Å². The van der Waals surface area contributed by atoms with Crippen molar-refractivity contribution < 1.29 is 36.0 Å². The number of ether oxygens (including phenoxy) is 3. The van der Waals surface area contributed by atoms with Gasteiger partial charge in [-0.25, -0.2) is 23.7 Å². The molecule has 200 valence electrons. The van der Waals surface area contributed by atoms with E-state index in [0.29, 0.717) is 42.6 Å². The Morgan fingerprint density at radius 2 is 1.97 bits per heavy atom. The predicted molar refractivity (Wildman–Crippen MR) is 139 cm³/mol. The molecular weight excluding hydrogens is 496 g/mol. The van der Waals surface area contributed by atoms with E-state index in [-0.39, 0.29) is 41.6 Å². The van der Waals surface area contributed by atoms with Crippen molar-refractivity contribution in [2.24, 2.45) is 11.8 Å². The van der Waals surface area contributed by atoms with Crippen LogP contribution in [0.4, 0.5) is 20.5 Å². The molecule has 1 aliphatic carbocycles. The summed E-state index contributed by atoms with van der Waals surface area (Å²) in [5.74, 6) is -4.23. The lowest BCUT2D eigenvalue weighted by molar-refractivity contribution is -0.115. The van der Waals surface area contributed by atoms with Crippen LogP contribution in [0.25, 0.3) is 22.2 Å². The van der Waals surface area contributed by atoms with Gasteiger partial charge in [-0.2, -0.15) is 0 Å². The first-order valence-corrected chi connectivity index (χ1v) is 12.0. The van der Waals surface area contributed by atoms with Crippen LogP contribution in [0.2, 0.25) is 0 Å². The highest BCUT2D eigenvalue weighted by Crippen LogP contribution is 2.39.